The van der Waals surface area contributed by atoms with E-state index >= 15 is 0 Å². The maximum absolute atomic E-state index is 12.2. The molecular formula is C14H19BrN2O3S. The zero-order chi connectivity index (χ0) is 15.7. The Balaban J connectivity index is 2.12. The van der Waals surface area contributed by atoms with Gasteiger partial charge in [-0.3, -0.25) is 4.79 Å². The molecule has 0 saturated heterocycles. The summed E-state index contributed by atoms with van der Waals surface area (Å²) in [5.74, 6) is -0.283. The van der Waals surface area contributed by atoms with Crippen LogP contribution in [-0.2, 0) is 10.0 Å². The van der Waals surface area contributed by atoms with Crippen molar-refractivity contribution in [2.75, 3.05) is 6.54 Å². The van der Waals surface area contributed by atoms with Crippen LogP contribution in [-0.4, -0.2) is 20.9 Å². The van der Waals surface area contributed by atoms with Crippen LogP contribution in [0.15, 0.2) is 27.6 Å². The molecule has 1 aromatic carbocycles. The van der Waals surface area contributed by atoms with Crippen molar-refractivity contribution in [2.45, 2.75) is 37.5 Å². The van der Waals surface area contributed by atoms with Crippen molar-refractivity contribution < 1.29 is 13.2 Å². The van der Waals surface area contributed by atoms with E-state index in [0.717, 1.165) is 25.7 Å². The van der Waals surface area contributed by atoms with Crippen LogP contribution >= 0.6 is 15.9 Å². The number of carbonyl (C=O) groups excluding carboxylic acids is 1. The van der Waals surface area contributed by atoms with Gasteiger partial charge in [-0.25, -0.2) is 13.6 Å². The van der Waals surface area contributed by atoms with Gasteiger partial charge >= 0.3 is 0 Å². The fraction of sp³-hybridized carbons (Fsp3) is 0.500. The van der Waals surface area contributed by atoms with Gasteiger partial charge in [-0.05, 0) is 58.8 Å². The number of amides is 1. The molecule has 0 atom stereocenters. The van der Waals surface area contributed by atoms with Crippen LogP contribution in [0, 0.1) is 5.41 Å². The highest BCUT2D eigenvalue weighted by molar-refractivity contribution is 9.10. The van der Waals surface area contributed by atoms with Gasteiger partial charge in [0, 0.05) is 11.0 Å². The number of hydrogen-bond donors (Lipinski definition) is 2. The van der Waals surface area contributed by atoms with Crippen LogP contribution in [0.2, 0.25) is 0 Å². The van der Waals surface area contributed by atoms with Crippen molar-refractivity contribution in [3.05, 3.63) is 28.2 Å². The third kappa shape index (κ3) is 4.05. The molecule has 0 heterocycles. The molecule has 7 heteroatoms. The lowest BCUT2D eigenvalue weighted by Gasteiger charge is -2.15. The maximum atomic E-state index is 12.2. The Morgan fingerprint density at radius 1 is 1.43 bits per heavy atom. The molecule has 1 amide bonds. The van der Waals surface area contributed by atoms with E-state index < -0.39 is 10.0 Å². The summed E-state index contributed by atoms with van der Waals surface area (Å²) in [5.41, 5.74) is 0.530. The lowest BCUT2D eigenvalue weighted by Crippen LogP contribution is -2.30. The Labute approximate surface area is 133 Å². The third-order valence-electron chi connectivity index (χ3n) is 3.87. The molecule has 21 heavy (non-hydrogen) atoms. The topological polar surface area (TPSA) is 89.3 Å². The summed E-state index contributed by atoms with van der Waals surface area (Å²) in [7, 11) is -3.82. The van der Waals surface area contributed by atoms with Gasteiger partial charge in [0.15, 0.2) is 0 Å². The van der Waals surface area contributed by atoms with Crippen molar-refractivity contribution in [3.63, 3.8) is 0 Å². The molecule has 116 valence electrons. The van der Waals surface area contributed by atoms with E-state index in [0.29, 0.717) is 11.0 Å². The number of primary sulfonamides is 1. The van der Waals surface area contributed by atoms with Crippen LogP contribution < -0.4 is 10.5 Å². The molecule has 0 aromatic heterocycles. The number of sulfonamides is 1. The van der Waals surface area contributed by atoms with E-state index in [1.807, 2.05) is 0 Å². The van der Waals surface area contributed by atoms with Gasteiger partial charge in [-0.15, -0.1) is 0 Å². The summed E-state index contributed by atoms with van der Waals surface area (Å²) in [6.07, 6.45) is 4.48. The van der Waals surface area contributed by atoms with Gasteiger partial charge in [0.25, 0.3) is 5.91 Å². The standard InChI is InChI=1S/C14H19BrN2O3S/c1-2-5-14(6-7-14)9-17-13(18)11-8-10(21(16,19)20)3-4-12(11)15/h3-4,8H,2,5-7,9H2,1H3,(H,17,18)(H2,16,19,20). The number of carbonyl (C=O) groups is 1. The molecule has 2 rings (SSSR count). The van der Waals surface area contributed by atoms with Crippen LogP contribution in [0.3, 0.4) is 0 Å². The quantitative estimate of drug-likeness (QED) is 0.800. The van der Waals surface area contributed by atoms with Gasteiger partial charge < -0.3 is 5.32 Å². The zero-order valence-corrected chi connectivity index (χ0v) is 14.3. The zero-order valence-electron chi connectivity index (χ0n) is 11.9. The van der Waals surface area contributed by atoms with Gasteiger partial charge in [-0.1, -0.05) is 13.3 Å². The van der Waals surface area contributed by atoms with E-state index in [4.69, 9.17) is 5.14 Å². The maximum Gasteiger partial charge on any atom is 0.252 e. The summed E-state index contributed by atoms with van der Waals surface area (Å²) < 4.78 is 23.3. The first-order valence-electron chi connectivity index (χ1n) is 6.88. The highest BCUT2D eigenvalue weighted by Gasteiger charge is 2.41. The smallest absolute Gasteiger partial charge is 0.252 e. The predicted octanol–water partition coefficient (Wildman–Crippen LogP) is 2.41. The normalized spacial score (nSPS) is 16.5. The second-order valence-electron chi connectivity index (χ2n) is 5.62. The Bertz CT molecular complexity index is 654. The van der Waals surface area contributed by atoms with E-state index in [2.05, 4.69) is 28.2 Å². The highest BCUT2D eigenvalue weighted by atomic mass is 79.9. The molecule has 1 aliphatic carbocycles. The molecule has 1 aromatic rings. The number of nitrogens with two attached hydrogens (primary N) is 1. The van der Waals surface area contributed by atoms with Crippen LogP contribution in [0.25, 0.3) is 0 Å². The average molecular weight is 375 g/mol. The van der Waals surface area contributed by atoms with Crippen molar-refractivity contribution in [1.82, 2.24) is 5.32 Å². The van der Waals surface area contributed by atoms with Crippen molar-refractivity contribution in [3.8, 4) is 0 Å². The van der Waals surface area contributed by atoms with E-state index in [9.17, 15) is 13.2 Å². The minimum Gasteiger partial charge on any atom is -0.351 e. The first-order chi connectivity index (χ1) is 9.77. The lowest BCUT2D eigenvalue weighted by atomic mass is 10.0. The number of benzene rings is 1. The molecule has 1 saturated carbocycles. The number of hydrogen-bond acceptors (Lipinski definition) is 3. The lowest BCUT2D eigenvalue weighted by molar-refractivity contribution is 0.0942. The van der Waals surface area contributed by atoms with Crippen LogP contribution in [0.5, 0.6) is 0 Å². The monoisotopic (exact) mass is 374 g/mol. The fourth-order valence-electron chi connectivity index (χ4n) is 2.44. The van der Waals surface area contributed by atoms with Gasteiger partial charge in [0.1, 0.15) is 0 Å². The van der Waals surface area contributed by atoms with Crippen molar-refractivity contribution in [1.29, 1.82) is 0 Å². The van der Waals surface area contributed by atoms with Crippen LogP contribution in [0.1, 0.15) is 43.0 Å². The van der Waals surface area contributed by atoms with Crippen molar-refractivity contribution in [2.24, 2.45) is 10.6 Å². The summed E-state index contributed by atoms with van der Waals surface area (Å²) in [6.45, 7) is 2.76. The SMILES string of the molecule is CCCC1(CNC(=O)c2cc(S(N)(=O)=O)ccc2Br)CC1. The second-order valence-corrected chi connectivity index (χ2v) is 8.04. The molecule has 0 radical (unpaired) electrons. The van der Waals surface area contributed by atoms with Gasteiger partial charge in [0.05, 0.1) is 10.5 Å². The van der Waals surface area contributed by atoms with Gasteiger partial charge in [0.2, 0.25) is 10.0 Å². The first-order valence-corrected chi connectivity index (χ1v) is 9.22. The molecule has 0 aliphatic heterocycles. The molecule has 1 fully saturated rings. The third-order valence-corrected chi connectivity index (χ3v) is 5.47. The average Bonchev–Trinajstić information content (AvgIpc) is 3.16. The Hall–Kier alpha value is -0.920. The summed E-state index contributed by atoms with van der Waals surface area (Å²) in [6, 6.07) is 4.19. The van der Waals surface area contributed by atoms with Crippen LogP contribution in [0.4, 0.5) is 0 Å². The van der Waals surface area contributed by atoms with Crippen molar-refractivity contribution >= 4 is 31.9 Å². The molecule has 1 aliphatic rings. The number of halogens is 1. The molecule has 0 unspecified atom stereocenters. The van der Waals surface area contributed by atoms with E-state index in [1.165, 1.54) is 18.2 Å². The Morgan fingerprint density at radius 2 is 2.10 bits per heavy atom. The number of rotatable bonds is 6. The Morgan fingerprint density at radius 3 is 2.62 bits per heavy atom. The fourth-order valence-corrected chi connectivity index (χ4v) is 3.41. The number of nitrogens with one attached hydrogen (secondary N) is 1. The molecule has 0 spiro atoms. The van der Waals surface area contributed by atoms with E-state index in [-0.39, 0.29) is 21.8 Å². The Kier molecular flexibility index (Phi) is 4.75. The second kappa shape index (κ2) is 6.06. The molecular weight excluding hydrogens is 356 g/mol. The highest BCUT2D eigenvalue weighted by Crippen LogP contribution is 2.48. The minimum absolute atomic E-state index is 0.0643. The predicted molar refractivity (Wildman–Crippen MR) is 84.4 cm³/mol. The summed E-state index contributed by atoms with van der Waals surface area (Å²) in [4.78, 5) is 12.2. The largest absolute Gasteiger partial charge is 0.351 e. The molecule has 0 bridgehead atoms. The summed E-state index contributed by atoms with van der Waals surface area (Å²) in [5, 5.41) is 8.00. The van der Waals surface area contributed by atoms with E-state index in [1.54, 1.807) is 0 Å². The van der Waals surface area contributed by atoms with Gasteiger partial charge in [-0.2, -0.15) is 0 Å². The first kappa shape index (κ1) is 16.5. The molecule has 5 nitrogen and oxygen atoms in total. The summed E-state index contributed by atoms with van der Waals surface area (Å²) >= 11 is 3.27. The molecule has 3 N–H and O–H groups in total. The minimum atomic E-state index is -3.82.